The Morgan fingerprint density at radius 2 is 1.96 bits per heavy atom. The normalized spacial score (nSPS) is 10.1. The van der Waals surface area contributed by atoms with Crippen LogP contribution in [0.3, 0.4) is 0 Å². The summed E-state index contributed by atoms with van der Waals surface area (Å²) in [6.07, 6.45) is 4.19. The lowest BCUT2D eigenvalue weighted by Gasteiger charge is -2.08. The Hall–Kier alpha value is -3.22. The van der Waals surface area contributed by atoms with Gasteiger partial charge in [-0.3, -0.25) is 14.6 Å². The van der Waals surface area contributed by atoms with Crippen LogP contribution in [0, 0.1) is 0 Å². The number of aromatic carboxylic acids is 1. The van der Waals surface area contributed by atoms with Crippen molar-refractivity contribution in [3.8, 4) is 0 Å². The zero-order valence-corrected chi connectivity index (χ0v) is 13.8. The lowest BCUT2D eigenvalue weighted by Crippen LogP contribution is -2.14. The van der Waals surface area contributed by atoms with Crippen LogP contribution < -0.4 is 10.6 Å². The summed E-state index contributed by atoms with van der Waals surface area (Å²) in [4.78, 5) is 38.0. The summed E-state index contributed by atoms with van der Waals surface area (Å²) in [6.45, 7) is 1.45. The first-order chi connectivity index (χ1) is 12.0. The maximum Gasteiger partial charge on any atom is 0.337 e. The Balaban J connectivity index is 1.87. The van der Waals surface area contributed by atoms with E-state index in [9.17, 15) is 14.4 Å². The highest BCUT2D eigenvalue weighted by Crippen LogP contribution is 2.15. The van der Waals surface area contributed by atoms with Gasteiger partial charge >= 0.3 is 5.97 Å². The fourth-order valence-corrected chi connectivity index (χ4v) is 2.35. The third-order valence-electron chi connectivity index (χ3n) is 3.44. The van der Waals surface area contributed by atoms with E-state index < -0.39 is 5.97 Å². The second-order valence-electron chi connectivity index (χ2n) is 5.51. The third-order valence-corrected chi connectivity index (χ3v) is 3.44. The molecule has 7 nitrogen and oxygen atoms in total. The fraction of sp³-hybridized carbons (Fsp3) is 0.222. The maximum atomic E-state index is 12.0. The highest BCUT2D eigenvalue weighted by Gasteiger charge is 2.12. The second-order valence-corrected chi connectivity index (χ2v) is 5.51. The van der Waals surface area contributed by atoms with Crippen LogP contribution in [0.15, 0.2) is 42.7 Å². The zero-order valence-electron chi connectivity index (χ0n) is 13.8. The van der Waals surface area contributed by atoms with Gasteiger partial charge < -0.3 is 15.7 Å². The number of hydrogen-bond acceptors (Lipinski definition) is 4. The number of nitrogens with one attached hydrogen (secondary N) is 2. The van der Waals surface area contributed by atoms with Crippen molar-refractivity contribution in [3.63, 3.8) is 0 Å². The molecule has 0 fully saturated rings. The lowest BCUT2D eigenvalue weighted by molar-refractivity contribution is -0.116. The molecule has 2 aromatic rings. The minimum atomic E-state index is -1.12. The maximum absolute atomic E-state index is 12.0. The smallest absolute Gasteiger partial charge is 0.337 e. The number of carbonyl (C=O) groups is 3. The van der Waals surface area contributed by atoms with Crippen molar-refractivity contribution in [2.24, 2.45) is 0 Å². The van der Waals surface area contributed by atoms with Crippen molar-refractivity contribution < 1.29 is 19.5 Å². The largest absolute Gasteiger partial charge is 0.478 e. The first-order valence-corrected chi connectivity index (χ1v) is 7.79. The van der Waals surface area contributed by atoms with Crippen molar-refractivity contribution >= 4 is 29.2 Å². The van der Waals surface area contributed by atoms with Crippen LogP contribution in [0.5, 0.6) is 0 Å². The van der Waals surface area contributed by atoms with E-state index in [-0.39, 0.29) is 29.5 Å². The highest BCUT2D eigenvalue weighted by atomic mass is 16.4. The van der Waals surface area contributed by atoms with Crippen LogP contribution in [0.25, 0.3) is 0 Å². The monoisotopic (exact) mass is 341 g/mol. The fourth-order valence-electron chi connectivity index (χ4n) is 2.35. The molecule has 0 radical (unpaired) electrons. The molecule has 1 aromatic carbocycles. The van der Waals surface area contributed by atoms with Gasteiger partial charge in [0.05, 0.1) is 17.4 Å². The van der Waals surface area contributed by atoms with Crippen LogP contribution in [0.4, 0.5) is 11.4 Å². The number of rotatable bonds is 7. The topological polar surface area (TPSA) is 108 Å². The summed E-state index contributed by atoms with van der Waals surface area (Å²) in [5.41, 5.74) is 1.92. The predicted molar refractivity (Wildman–Crippen MR) is 93.5 cm³/mol. The number of aryl methyl sites for hydroxylation is 1. The van der Waals surface area contributed by atoms with E-state index in [0.29, 0.717) is 12.8 Å². The van der Waals surface area contributed by atoms with Gasteiger partial charge in [0, 0.05) is 25.2 Å². The van der Waals surface area contributed by atoms with E-state index in [4.69, 9.17) is 5.11 Å². The molecule has 0 saturated heterocycles. The SMILES string of the molecule is CC(=O)Nc1cccc(CCCC(=O)Nc2cnccc2C(=O)O)c1. The quantitative estimate of drug-likeness (QED) is 0.717. The summed E-state index contributed by atoms with van der Waals surface area (Å²) in [6, 6.07) is 8.77. The number of nitrogens with zero attached hydrogens (tertiary/aromatic N) is 1. The number of carboxylic acid groups (broad SMARTS) is 1. The molecule has 25 heavy (non-hydrogen) atoms. The summed E-state index contributed by atoms with van der Waals surface area (Å²) >= 11 is 0. The molecule has 1 heterocycles. The average Bonchev–Trinajstić information content (AvgIpc) is 2.55. The van der Waals surface area contributed by atoms with Crippen molar-refractivity contribution in [1.82, 2.24) is 4.98 Å². The molecule has 2 amide bonds. The van der Waals surface area contributed by atoms with Crippen molar-refractivity contribution in [3.05, 3.63) is 53.9 Å². The molecule has 3 N–H and O–H groups in total. The molecule has 130 valence electrons. The van der Waals surface area contributed by atoms with Gasteiger partial charge in [0.2, 0.25) is 11.8 Å². The number of carboxylic acids is 1. The Labute approximate surface area is 145 Å². The van der Waals surface area contributed by atoms with Crippen molar-refractivity contribution in [1.29, 1.82) is 0 Å². The molecule has 0 aliphatic carbocycles. The van der Waals surface area contributed by atoms with Gasteiger partial charge in [0.25, 0.3) is 0 Å². The Kier molecular flexibility index (Phi) is 6.22. The Morgan fingerprint density at radius 1 is 1.16 bits per heavy atom. The van der Waals surface area contributed by atoms with E-state index in [1.54, 1.807) is 6.07 Å². The first kappa shape index (κ1) is 18.1. The zero-order chi connectivity index (χ0) is 18.2. The molecule has 0 saturated carbocycles. The van der Waals surface area contributed by atoms with Gasteiger partial charge in [0.15, 0.2) is 0 Å². The molecule has 7 heteroatoms. The third kappa shape index (κ3) is 5.72. The molecular weight excluding hydrogens is 322 g/mol. The molecule has 0 aliphatic heterocycles. The predicted octanol–water partition coefficient (Wildman–Crippen LogP) is 2.70. The minimum absolute atomic E-state index is 0.00589. The molecule has 0 spiro atoms. The van der Waals surface area contributed by atoms with E-state index in [2.05, 4.69) is 15.6 Å². The summed E-state index contributed by atoms with van der Waals surface area (Å²) < 4.78 is 0. The molecule has 0 unspecified atom stereocenters. The van der Waals surface area contributed by atoms with Crippen LogP contribution >= 0.6 is 0 Å². The number of hydrogen-bond donors (Lipinski definition) is 3. The number of benzene rings is 1. The number of aromatic nitrogens is 1. The van der Waals surface area contributed by atoms with Gasteiger partial charge in [-0.2, -0.15) is 0 Å². The minimum Gasteiger partial charge on any atom is -0.478 e. The average molecular weight is 341 g/mol. The highest BCUT2D eigenvalue weighted by molar-refractivity contribution is 6.00. The molecule has 0 bridgehead atoms. The van der Waals surface area contributed by atoms with E-state index in [0.717, 1.165) is 11.3 Å². The standard InChI is InChI=1S/C18H19N3O4/c1-12(22)20-14-6-2-4-13(10-14)5-3-7-17(23)21-16-11-19-9-8-15(16)18(24)25/h2,4,6,8-11H,3,5,7H2,1H3,(H,20,22)(H,21,23)(H,24,25). The van der Waals surface area contributed by atoms with Crippen molar-refractivity contribution in [2.75, 3.05) is 10.6 Å². The van der Waals surface area contributed by atoms with Gasteiger partial charge in [-0.1, -0.05) is 12.1 Å². The number of amides is 2. The van der Waals surface area contributed by atoms with Gasteiger partial charge in [-0.25, -0.2) is 4.79 Å². The van der Waals surface area contributed by atoms with Gasteiger partial charge in [0.1, 0.15) is 0 Å². The summed E-state index contributed by atoms with van der Waals surface area (Å²) in [5.74, 6) is -1.52. The first-order valence-electron chi connectivity index (χ1n) is 7.79. The summed E-state index contributed by atoms with van der Waals surface area (Å²) in [7, 11) is 0. The summed E-state index contributed by atoms with van der Waals surface area (Å²) in [5, 5.41) is 14.4. The number of carbonyl (C=O) groups excluding carboxylic acids is 2. The number of anilines is 2. The Morgan fingerprint density at radius 3 is 2.68 bits per heavy atom. The Bertz CT molecular complexity index is 789. The number of pyridine rings is 1. The molecule has 0 aliphatic rings. The lowest BCUT2D eigenvalue weighted by atomic mass is 10.1. The molecule has 1 aromatic heterocycles. The van der Waals surface area contributed by atoms with E-state index >= 15 is 0 Å². The van der Waals surface area contributed by atoms with Crippen LogP contribution in [0.1, 0.15) is 35.7 Å². The van der Waals surface area contributed by atoms with Crippen LogP contribution in [0.2, 0.25) is 0 Å². The molecule has 0 atom stereocenters. The van der Waals surface area contributed by atoms with Gasteiger partial charge in [-0.15, -0.1) is 0 Å². The van der Waals surface area contributed by atoms with Gasteiger partial charge in [-0.05, 0) is 36.6 Å². The van der Waals surface area contributed by atoms with E-state index in [1.807, 2.05) is 18.2 Å². The van der Waals surface area contributed by atoms with Crippen LogP contribution in [-0.2, 0) is 16.0 Å². The van der Waals surface area contributed by atoms with Crippen LogP contribution in [-0.4, -0.2) is 27.9 Å². The van der Waals surface area contributed by atoms with Crippen molar-refractivity contribution in [2.45, 2.75) is 26.2 Å². The molecule has 2 rings (SSSR count). The molecular formula is C18H19N3O4. The van der Waals surface area contributed by atoms with E-state index in [1.165, 1.54) is 25.4 Å². The second kappa shape index (κ2) is 8.58.